The molecule has 3 rings (SSSR count). The average molecular weight is 378 g/mol. The number of aromatic nitrogens is 2. The largest absolute Gasteiger partial charge is 0.350 e. The highest BCUT2D eigenvalue weighted by molar-refractivity contribution is 5.78. The zero-order valence-electron chi connectivity index (χ0n) is 17.6. The highest BCUT2D eigenvalue weighted by atomic mass is 16.2. The van der Waals surface area contributed by atoms with Gasteiger partial charge in [0.25, 0.3) is 0 Å². The number of amides is 1. The van der Waals surface area contributed by atoms with Crippen molar-refractivity contribution in [2.24, 2.45) is 18.4 Å². The van der Waals surface area contributed by atoms with E-state index in [1.165, 1.54) is 12.8 Å². The van der Waals surface area contributed by atoms with E-state index in [4.69, 9.17) is 0 Å². The van der Waals surface area contributed by atoms with Crippen LogP contribution in [-0.4, -0.2) is 65.6 Å². The highest BCUT2D eigenvalue weighted by Gasteiger charge is 2.51. The molecule has 2 fully saturated rings. The Balaban J connectivity index is 0.000000244. The summed E-state index contributed by atoms with van der Waals surface area (Å²) in [5, 5.41) is 10.2. The average Bonchev–Trinajstić information content (AvgIpc) is 2.79. The Bertz CT molecular complexity index is 648. The second kappa shape index (κ2) is 8.52. The van der Waals surface area contributed by atoms with Gasteiger partial charge in [0, 0.05) is 25.7 Å². The van der Waals surface area contributed by atoms with Gasteiger partial charge in [0.2, 0.25) is 5.91 Å². The van der Waals surface area contributed by atoms with Crippen LogP contribution in [0.1, 0.15) is 49.8 Å². The van der Waals surface area contributed by atoms with Crippen LogP contribution in [0, 0.1) is 18.3 Å². The number of nitrogens with zero attached hydrogens (tertiary/aromatic N) is 3. The van der Waals surface area contributed by atoms with Gasteiger partial charge < -0.3 is 10.6 Å². The molecule has 1 saturated carbocycles. The summed E-state index contributed by atoms with van der Waals surface area (Å²) >= 11 is 0. The third-order valence-corrected chi connectivity index (χ3v) is 5.09. The second-order valence-corrected chi connectivity index (χ2v) is 9.23. The number of aldehydes is 1. The molecular weight excluding hydrogens is 342 g/mol. The van der Waals surface area contributed by atoms with Gasteiger partial charge in [-0.15, -0.1) is 0 Å². The lowest BCUT2D eigenvalue weighted by molar-refractivity contribution is -0.133. The summed E-state index contributed by atoms with van der Waals surface area (Å²) in [6.45, 7) is 11.9. The van der Waals surface area contributed by atoms with Crippen LogP contribution < -0.4 is 10.6 Å². The smallest absolute Gasteiger partial charge is 0.234 e. The fourth-order valence-electron chi connectivity index (χ4n) is 4.27. The molecule has 7 heteroatoms. The molecule has 1 spiro atoms. The molecule has 2 heterocycles. The van der Waals surface area contributed by atoms with Gasteiger partial charge in [0.15, 0.2) is 6.29 Å². The first-order valence-electron chi connectivity index (χ1n) is 9.70. The monoisotopic (exact) mass is 377 g/mol. The molecule has 27 heavy (non-hydrogen) atoms. The molecule has 152 valence electrons. The topological polar surface area (TPSA) is 79.3 Å². The molecule has 1 aliphatic carbocycles. The molecule has 0 bridgehead atoms. The van der Waals surface area contributed by atoms with Gasteiger partial charge >= 0.3 is 0 Å². The minimum Gasteiger partial charge on any atom is -0.350 e. The van der Waals surface area contributed by atoms with Crippen molar-refractivity contribution < 1.29 is 9.59 Å². The van der Waals surface area contributed by atoms with Gasteiger partial charge in [-0.1, -0.05) is 0 Å². The summed E-state index contributed by atoms with van der Waals surface area (Å²) in [5.74, 6) is 1.02. The lowest BCUT2D eigenvalue weighted by Crippen LogP contribution is -2.64. The van der Waals surface area contributed by atoms with Crippen LogP contribution >= 0.6 is 0 Å². The Morgan fingerprint density at radius 2 is 2.00 bits per heavy atom. The minimum atomic E-state index is -0.117. The number of aryl methyl sites for hydroxylation is 2. The summed E-state index contributed by atoms with van der Waals surface area (Å²) in [4.78, 5) is 24.2. The highest BCUT2D eigenvalue weighted by Crippen LogP contribution is 2.51. The first-order chi connectivity index (χ1) is 12.6. The molecule has 1 aliphatic heterocycles. The number of nitrogens with one attached hydrogen (secondary N) is 2. The molecule has 1 aromatic rings. The van der Waals surface area contributed by atoms with Gasteiger partial charge in [0.05, 0.1) is 12.2 Å². The zero-order chi connectivity index (χ0) is 20.2. The number of rotatable bonds is 5. The van der Waals surface area contributed by atoms with Crippen molar-refractivity contribution in [2.75, 3.05) is 33.2 Å². The van der Waals surface area contributed by atoms with Gasteiger partial charge in [-0.05, 0) is 71.5 Å². The van der Waals surface area contributed by atoms with E-state index >= 15 is 0 Å². The van der Waals surface area contributed by atoms with Crippen LogP contribution in [0.4, 0.5) is 0 Å². The zero-order valence-corrected chi connectivity index (χ0v) is 17.6. The van der Waals surface area contributed by atoms with Gasteiger partial charge in [-0.3, -0.25) is 19.2 Å². The van der Waals surface area contributed by atoms with Crippen molar-refractivity contribution in [1.29, 1.82) is 0 Å². The number of carbonyl (C=O) groups excluding carboxylic acids is 2. The lowest BCUT2D eigenvalue weighted by atomic mass is 9.57. The SMILES string of the molecule is CNCC1CC2(C1)CN(CC(=O)NC(C)(C)C)C2.Cc1cc(C=O)n(C)n1. The molecule has 2 aliphatic rings. The van der Waals surface area contributed by atoms with Crippen molar-refractivity contribution in [1.82, 2.24) is 25.3 Å². The molecule has 1 aromatic heterocycles. The van der Waals surface area contributed by atoms with Crippen LogP contribution in [-0.2, 0) is 11.8 Å². The van der Waals surface area contributed by atoms with E-state index in [1.54, 1.807) is 17.8 Å². The second-order valence-electron chi connectivity index (χ2n) is 9.23. The third-order valence-electron chi connectivity index (χ3n) is 5.09. The first kappa shape index (κ1) is 21.6. The molecule has 0 atom stereocenters. The maximum atomic E-state index is 11.8. The minimum absolute atomic E-state index is 0.117. The summed E-state index contributed by atoms with van der Waals surface area (Å²) in [6, 6.07) is 1.74. The summed E-state index contributed by atoms with van der Waals surface area (Å²) < 4.78 is 1.56. The van der Waals surface area contributed by atoms with E-state index in [0.29, 0.717) is 17.7 Å². The Morgan fingerprint density at radius 3 is 2.41 bits per heavy atom. The molecule has 2 N–H and O–H groups in total. The van der Waals surface area contributed by atoms with E-state index in [0.717, 1.165) is 37.5 Å². The Labute approximate surface area is 162 Å². The van der Waals surface area contributed by atoms with E-state index in [2.05, 4.69) is 20.6 Å². The molecule has 7 nitrogen and oxygen atoms in total. The van der Waals surface area contributed by atoms with Crippen LogP contribution in [0.3, 0.4) is 0 Å². The van der Waals surface area contributed by atoms with Gasteiger partial charge in [-0.2, -0.15) is 5.10 Å². The van der Waals surface area contributed by atoms with E-state index in [1.807, 2.05) is 34.7 Å². The van der Waals surface area contributed by atoms with E-state index in [-0.39, 0.29) is 11.4 Å². The third kappa shape index (κ3) is 6.14. The maximum absolute atomic E-state index is 11.8. The molecule has 0 radical (unpaired) electrons. The van der Waals surface area contributed by atoms with Crippen molar-refractivity contribution in [3.05, 3.63) is 17.5 Å². The Morgan fingerprint density at radius 1 is 1.37 bits per heavy atom. The normalized spacial score (nSPS) is 18.9. The Hall–Kier alpha value is -1.73. The van der Waals surface area contributed by atoms with Crippen molar-refractivity contribution >= 4 is 12.2 Å². The van der Waals surface area contributed by atoms with Crippen LogP contribution in [0.25, 0.3) is 0 Å². The van der Waals surface area contributed by atoms with Crippen molar-refractivity contribution in [2.45, 2.75) is 46.1 Å². The lowest BCUT2D eigenvalue weighted by Gasteiger charge is -2.59. The predicted octanol–water partition coefficient (Wildman–Crippen LogP) is 1.37. The van der Waals surface area contributed by atoms with Crippen molar-refractivity contribution in [3.8, 4) is 0 Å². The van der Waals surface area contributed by atoms with Gasteiger partial charge in [-0.25, -0.2) is 0 Å². The molecule has 1 amide bonds. The standard InChI is InChI=1S/C14H27N3O.C6H8N2O/c1-13(2,3)16-12(18)8-17-9-14(10-17)5-11(6-14)7-15-4;1-5-3-6(4-9)8(2)7-5/h11,15H,5-10H2,1-4H3,(H,16,18);3-4H,1-2H3. The first-order valence-corrected chi connectivity index (χ1v) is 9.70. The fraction of sp³-hybridized carbons (Fsp3) is 0.750. The number of likely N-dealkylation sites (tertiary alicyclic amines) is 1. The van der Waals surface area contributed by atoms with Crippen LogP contribution in [0.5, 0.6) is 0 Å². The number of hydrogen-bond donors (Lipinski definition) is 2. The molecular formula is C20H35N5O2. The molecule has 0 aromatic carbocycles. The Kier molecular flexibility index (Phi) is 6.81. The van der Waals surface area contributed by atoms with Crippen LogP contribution in [0.15, 0.2) is 6.07 Å². The molecule has 0 unspecified atom stereocenters. The number of carbonyl (C=O) groups is 2. The molecule has 1 saturated heterocycles. The van der Waals surface area contributed by atoms with Crippen LogP contribution in [0.2, 0.25) is 0 Å². The van der Waals surface area contributed by atoms with Crippen molar-refractivity contribution in [3.63, 3.8) is 0 Å². The van der Waals surface area contributed by atoms with E-state index in [9.17, 15) is 9.59 Å². The number of hydrogen-bond acceptors (Lipinski definition) is 5. The fourth-order valence-corrected chi connectivity index (χ4v) is 4.27. The van der Waals surface area contributed by atoms with E-state index < -0.39 is 0 Å². The summed E-state index contributed by atoms with van der Waals surface area (Å²) in [6.07, 6.45) is 3.47. The summed E-state index contributed by atoms with van der Waals surface area (Å²) in [5.41, 5.74) is 1.93. The summed E-state index contributed by atoms with van der Waals surface area (Å²) in [7, 11) is 3.77. The van der Waals surface area contributed by atoms with Gasteiger partial charge in [0.1, 0.15) is 5.69 Å². The predicted molar refractivity (Wildman–Crippen MR) is 107 cm³/mol. The quantitative estimate of drug-likeness (QED) is 0.758. The maximum Gasteiger partial charge on any atom is 0.234 e.